The molecular weight excluding hydrogens is 274 g/mol. The van der Waals surface area contributed by atoms with Crippen LogP contribution in [-0.4, -0.2) is 39.3 Å². The van der Waals surface area contributed by atoms with Gasteiger partial charge in [0.25, 0.3) is 0 Å². The summed E-state index contributed by atoms with van der Waals surface area (Å²) in [5, 5.41) is 6.68. The molecule has 0 amide bonds. The summed E-state index contributed by atoms with van der Waals surface area (Å²) in [6.07, 6.45) is 2.30. The zero-order valence-electron chi connectivity index (χ0n) is 14.5. The molecule has 0 unspecified atom stereocenters. The molecule has 4 heteroatoms. The van der Waals surface area contributed by atoms with Gasteiger partial charge in [0.2, 0.25) is 0 Å². The smallest absolute Gasteiger partial charge is 0.191 e. The van der Waals surface area contributed by atoms with Crippen molar-refractivity contribution in [1.29, 1.82) is 0 Å². The average Bonchev–Trinajstić information content (AvgIpc) is 2.54. The van der Waals surface area contributed by atoms with Crippen LogP contribution in [0.4, 0.5) is 0 Å². The second kappa shape index (κ2) is 10.2. The fourth-order valence-corrected chi connectivity index (χ4v) is 2.11. The third-order valence-corrected chi connectivity index (χ3v) is 3.66. The maximum atomic E-state index is 5.54. The molecule has 0 saturated heterocycles. The first-order chi connectivity index (χ1) is 10.6. The summed E-state index contributed by atoms with van der Waals surface area (Å²) >= 11 is 0. The molecule has 0 aliphatic rings. The van der Waals surface area contributed by atoms with Crippen molar-refractivity contribution in [3.05, 3.63) is 35.9 Å². The van der Waals surface area contributed by atoms with Gasteiger partial charge in [0.1, 0.15) is 0 Å². The first-order valence-corrected chi connectivity index (χ1v) is 8.18. The van der Waals surface area contributed by atoms with Gasteiger partial charge in [-0.05, 0) is 12.0 Å². The Morgan fingerprint density at radius 2 is 1.86 bits per heavy atom. The molecular formula is C18H31N3O. The van der Waals surface area contributed by atoms with Crippen molar-refractivity contribution in [1.82, 2.24) is 10.6 Å². The van der Waals surface area contributed by atoms with Crippen molar-refractivity contribution in [2.45, 2.75) is 39.0 Å². The summed E-state index contributed by atoms with van der Waals surface area (Å²) in [7, 11) is 1.79. The van der Waals surface area contributed by atoms with Gasteiger partial charge >= 0.3 is 0 Å². The number of nitrogens with one attached hydrogen (secondary N) is 2. The van der Waals surface area contributed by atoms with Crippen LogP contribution in [0.15, 0.2) is 35.3 Å². The second-order valence-electron chi connectivity index (χ2n) is 6.07. The number of hydrogen-bond acceptors (Lipinski definition) is 2. The normalized spacial score (nSPS) is 12.3. The van der Waals surface area contributed by atoms with Crippen LogP contribution >= 0.6 is 0 Å². The molecule has 0 aromatic heterocycles. The SMILES string of the molecule is CCCCOCCNC(=NC)NCC(C)(C)c1ccccc1. The van der Waals surface area contributed by atoms with Crippen molar-refractivity contribution in [2.24, 2.45) is 4.99 Å². The summed E-state index contributed by atoms with van der Waals surface area (Å²) in [6, 6.07) is 10.5. The van der Waals surface area contributed by atoms with E-state index in [-0.39, 0.29) is 5.41 Å². The zero-order valence-corrected chi connectivity index (χ0v) is 14.5. The van der Waals surface area contributed by atoms with Crippen LogP contribution in [0.2, 0.25) is 0 Å². The lowest BCUT2D eigenvalue weighted by Crippen LogP contribution is -2.44. The largest absolute Gasteiger partial charge is 0.380 e. The molecule has 0 saturated carbocycles. The minimum absolute atomic E-state index is 0.0521. The fraction of sp³-hybridized carbons (Fsp3) is 0.611. The van der Waals surface area contributed by atoms with Gasteiger partial charge in [-0.3, -0.25) is 4.99 Å². The molecule has 0 aliphatic carbocycles. The lowest BCUT2D eigenvalue weighted by Gasteiger charge is -2.26. The Hall–Kier alpha value is -1.55. The third-order valence-electron chi connectivity index (χ3n) is 3.66. The quantitative estimate of drug-likeness (QED) is 0.419. The molecule has 0 fully saturated rings. The van der Waals surface area contributed by atoms with Gasteiger partial charge in [0.15, 0.2) is 5.96 Å². The van der Waals surface area contributed by atoms with Crippen LogP contribution in [0.5, 0.6) is 0 Å². The highest BCUT2D eigenvalue weighted by Gasteiger charge is 2.20. The van der Waals surface area contributed by atoms with E-state index in [1.54, 1.807) is 7.05 Å². The van der Waals surface area contributed by atoms with Crippen molar-refractivity contribution in [3.63, 3.8) is 0 Å². The summed E-state index contributed by atoms with van der Waals surface area (Å²) in [5.74, 6) is 0.822. The molecule has 0 spiro atoms. The van der Waals surface area contributed by atoms with E-state index in [1.165, 1.54) is 12.0 Å². The first kappa shape index (κ1) is 18.5. The lowest BCUT2D eigenvalue weighted by atomic mass is 9.85. The fourth-order valence-electron chi connectivity index (χ4n) is 2.11. The van der Waals surface area contributed by atoms with E-state index in [2.05, 4.69) is 60.7 Å². The maximum Gasteiger partial charge on any atom is 0.191 e. The van der Waals surface area contributed by atoms with Gasteiger partial charge in [-0.15, -0.1) is 0 Å². The Bertz CT molecular complexity index is 429. The van der Waals surface area contributed by atoms with Gasteiger partial charge in [-0.25, -0.2) is 0 Å². The van der Waals surface area contributed by atoms with Crippen LogP contribution in [0.25, 0.3) is 0 Å². The Morgan fingerprint density at radius 1 is 1.14 bits per heavy atom. The van der Waals surface area contributed by atoms with E-state index >= 15 is 0 Å². The minimum Gasteiger partial charge on any atom is -0.380 e. The molecule has 0 atom stereocenters. The molecule has 1 aromatic rings. The Morgan fingerprint density at radius 3 is 2.50 bits per heavy atom. The molecule has 0 heterocycles. The van der Waals surface area contributed by atoms with Crippen LogP contribution in [0.3, 0.4) is 0 Å². The first-order valence-electron chi connectivity index (χ1n) is 8.18. The number of unbranched alkanes of at least 4 members (excludes halogenated alkanes) is 1. The van der Waals surface area contributed by atoms with E-state index in [4.69, 9.17) is 4.74 Å². The van der Waals surface area contributed by atoms with Crippen LogP contribution < -0.4 is 10.6 Å². The summed E-state index contributed by atoms with van der Waals surface area (Å²) < 4.78 is 5.54. The zero-order chi connectivity index (χ0) is 16.3. The average molecular weight is 305 g/mol. The van der Waals surface area contributed by atoms with E-state index in [9.17, 15) is 0 Å². The third kappa shape index (κ3) is 6.94. The summed E-state index contributed by atoms with van der Waals surface area (Å²) in [5.41, 5.74) is 1.37. The number of guanidine groups is 1. The van der Waals surface area contributed by atoms with Crippen LogP contribution in [0, 0.1) is 0 Å². The number of nitrogens with zero attached hydrogens (tertiary/aromatic N) is 1. The highest BCUT2D eigenvalue weighted by Crippen LogP contribution is 2.21. The second-order valence-corrected chi connectivity index (χ2v) is 6.07. The number of rotatable bonds is 9. The van der Waals surface area contributed by atoms with Gasteiger partial charge in [0.05, 0.1) is 6.61 Å². The van der Waals surface area contributed by atoms with Gasteiger partial charge in [0, 0.05) is 32.2 Å². The topological polar surface area (TPSA) is 45.6 Å². The minimum atomic E-state index is 0.0521. The number of benzene rings is 1. The molecule has 0 aliphatic heterocycles. The molecule has 2 N–H and O–H groups in total. The van der Waals surface area contributed by atoms with E-state index < -0.39 is 0 Å². The summed E-state index contributed by atoms with van der Waals surface area (Å²) in [6.45, 7) is 9.78. The molecule has 4 nitrogen and oxygen atoms in total. The highest BCUT2D eigenvalue weighted by atomic mass is 16.5. The molecule has 1 aromatic carbocycles. The predicted octanol–water partition coefficient (Wildman–Crippen LogP) is 2.95. The van der Waals surface area contributed by atoms with Crippen molar-refractivity contribution in [3.8, 4) is 0 Å². The van der Waals surface area contributed by atoms with Gasteiger partial charge in [-0.2, -0.15) is 0 Å². The monoisotopic (exact) mass is 305 g/mol. The summed E-state index contributed by atoms with van der Waals surface area (Å²) in [4.78, 5) is 4.26. The molecule has 22 heavy (non-hydrogen) atoms. The van der Waals surface area contributed by atoms with Crippen LogP contribution in [-0.2, 0) is 10.2 Å². The van der Waals surface area contributed by atoms with E-state index in [0.29, 0.717) is 6.61 Å². The van der Waals surface area contributed by atoms with Crippen molar-refractivity contribution >= 4 is 5.96 Å². The predicted molar refractivity (Wildman–Crippen MR) is 94.6 cm³/mol. The standard InChI is InChI=1S/C18H31N3O/c1-5-6-13-22-14-12-20-17(19-4)21-15-18(2,3)16-10-8-7-9-11-16/h7-11H,5-6,12-15H2,1-4H3,(H2,19,20,21). The highest BCUT2D eigenvalue weighted by molar-refractivity contribution is 5.79. The lowest BCUT2D eigenvalue weighted by molar-refractivity contribution is 0.136. The van der Waals surface area contributed by atoms with Crippen LogP contribution in [0.1, 0.15) is 39.2 Å². The van der Waals surface area contributed by atoms with Crippen molar-refractivity contribution < 1.29 is 4.74 Å². The number of ether oxygens (including phenoxy) is 1. The molecule has 1 rings (SSSR count). The number of aliphatic imine (C=N–C) groups is 1. The van der Waals surface area contributed by atoms with Gasteiger partial charge < -0.3 is 15.4 Å². The van der Waals surface area contributed by atoms with E-state index in [0.717, 1.165) is 32.1 Å². The molecule has 124 valence electrons. The maximum absolute atomic E-state index is 5.54. The Balaban J connectivity index is 2.31. The Labute approximate surface area is 135 Å². The Kier molecular flexibility index (Phi) is 8.60. The molecule has 0 bridgehead atoms. The number of hydrogen-bond donors (Lipinski definition) is 2. The molecule has 0 radical (unpaired) electrons. The van der Waals surface area contributed by atoms with Crippen molar-refractivity contribution in [2.75, 3.05) is 33.4 Å². The van der Waals surface area contributed by atoms with Gasteiger partial charge in [-0.1, -0.05) is 57.5 Å². The van der Waals surface area contributed by atoms with E-state index in [1.807, 2.05) is 6.07 Å².